The van der Waals surface area contributed by atoms with Gasteiger partial charge in [0.25, 0.3) is 0 Å². The molecule has 1 aromatic heterocycles. The number of fused-ring (bicyclic) bond motifs is 1. The van der Waals surface area contributed by atoms with Crippen molar-refractivity contribution in [2.24, 2.45) is 0 Å². The molecule has 1 amide bonds. The molecule has 20 heavy (non-hydrogen) atoms. The van der Waals surface area contributed by atoms with Crippen LogP contribution in [0.2, 0.25) is 5.02 Å². The largest absolute Gasteiger partial charge is 0.309 e. The molecule has 2 heterocycles. The summed E-state index contributed by atoms with van der Waals surface area (Å²) < 4.78 is 13.2. The van der Waals surface area contributed by atoms with Crippen LogP contribution in [0.4, 0.5) is 10.2 Å². The quantitative estimate of drug-likeness (QED) is 0.893. The Morgan fingerprint density at radius 1 is 1.50 bits per heavy atom. The van der Waals surface area contributed by atoms with Gasteiger partial charge in [-0.3, -0.25) is 9.89 Å². The first-order valence-electron chi connectivity index (χ1n) is 6.42. The molecule has 104 valence electrons. The third-order valence-electron chi connectivity index (χ3n) is 3.57. The number of H-pyrrole nitrogens is 1. The van der Waals surface area contributed by atoms with E-state index in [-0.39, 0.29) is 24.1 Å². The topological polar surface area (TPSA) is 57.8 Å². The van der Waals surface area contributed by atoms with Gasteiger partial charge in [0.15, 0.2) is 5.82 Å². The van der Waals surface area contributed by atoms with Crippen LogP contribution in [-0.4, -0.2) is 16.1 Å². The van der Waals surface area contributed by atoms with E-state index in [1.807, 2.05) is 6.92 Å². The predicted molar refractivity (Wildman–Crippen MR) is 74.5 cm³/mol. The summed E-state index contributed by atoms with van der Waals surface area (Å²) in [4.78, 5) is 11.8. The maximum absolute atomic E-state index is 13.2. The van der Waals surface area contributed by atoms with Gasteiger partial charge in [0.05, 0.1) is 0 Å². The van der Waals surface area contributed by atoms with Gasteiger partial charge in [0, 0.05) is 28.6 Å². The number of hydrogen-bond donors (Lipinski definition) is 2. The maximum Gasteiger partial charge on any atom is 0.226 e. The zero-order valence-electron chi connectivity index (χ0n) is 10.8. The first-order chi connectivity index (χ1) is 9.60. The lowest BCUT2D eigenvalue weighted by molar-refractivity contribution is -0.116. The van der Waals surface area contributed by atoms with Gasteiger partial charge in [0.2, 0.25) is 5.91 Å². The van der Waals surface area contributed by atoms with Crippen molar-refractivity contribution in [1.29, 1.82) is 0 Å². The van der Waals surface area contributed by atoms with E-state index >= 15 is 0 Å². The number of aromatic amines is 1. The second-order valence-corrected chi connectivity index (χ2v) is 5.20. The van der Waals surface area contributed by atoms with Crippen LogP contribution in [0.5, 0.6) is 0 Å². The van der Waals surface area contributed by atoms with E-state index in [0.29, 0.717) is 10.8 Å². The number of halogens is 2. The van der Waals surface area contributed by atoms with Crippen LogP contribution in [0.1, 0.15) is 36.1 Å². The molecule has 0 saturated heterocycles. The van der Waals surface area contributed by atoms with E-state index in [9.17, 15) is 9.18 Å². The van der Waals surface area contributed by atoms with Crippen LogP contribution in [-0.2, 0) is 11.2 Å². The van der Waals surface area contributed by atoms with Crippen molar-refractivity contribution in [1.82, 2.24) is 10.2 Å². The fourth-order valence-electron chi connectivity index (χ4n) is 2.65. The van der Waals surface area contributed by atoms with Gasteiger partial charge < -0.3 is 5.32 Å². The summed E-state index contributed by atoms with van der Waals surface area (Å²) in [7, 11) is 0. The molecule has 4 nitrogen and oxygen atoms in total. The van der Waals surface area contributed by atoms with Crippen LogP contribution >= 0.6 is 11.6 Å². The Hall–Kier alpha value is -1.88. The Balaban J connectivity index is 2.14. The van der Waals surface area contributed by atoms with Gasteiger partial charge in [0.1, 0.15) is 5.82 Å². The Morgan fingerprint density at radius 2 is 2.30 bits per heavy atom. The first-order valence-corrected chi connectivity index (χ1v) is 6.80. The molecule has 0 saturated carbocycles. The highest BCUT2D eigenvalue weighted by Gasteiger charge is 2.32. The van der Waals surface area contributed by atoms with Gasteiger partial charge >= 0.3 is 0 Å². The van der Waals surface area contributed by atoms with Gasteiger partial charge in [-0.1, -0.05) is 24.6 Å². The number of aryl methyl sites for hydroxylation is 1. The molecule has 1 aromatic carbocycles. The van der Waals surface area contributed by atoms with Crippen molar-refractivity contribution >= 4 is 23.3 Å². The number of hydrogen-bond acceptors (Lipinski definition) is 2. The average molecular weight is 294 g/mol. The van der Waals surface area contributed by atoms with Crippen molar-refractivity contribution in [2.75, 3.05) is 5.32 Å². The van der Waals surface area contributed by atoms with Crippen molar-refractivity contribution in [3.63, 3.8) is 0 Å². The Kier molecular flexibility index (Phi) is 3.22. The fraction of sp³-hybridized carbons (Fsp3) is 0.286. The molecule has 2 N–H and O–H groups in total. The number of anilines is 1. The molecule has 1 aliphatic rings. The van der Waals surface area contributed by atoms with Crippen LogP contribution in [0.15, 0.2) is 18.2 Å². The molecule has 1 unspecified atom stereocenters. The normalized spacial score (nSPS) is 17.8. The molecule has 0 radical (unpaired) electrons. The summed E-state index contributed by atoms with van der Waals surface area (Å²) in [5.74, 6) is -0.150. The molecule has 1 atom stereocenters. The molecular weight excluding hydrogens is 281 g/mol. The van der Waals surface area contributed by atoms with Gasteiger partial charge in [-0.25, -0.2) is 4.39 Å². The molecular formula is C14H13ClFN3O. The Labute approximate surface area is 120 Å². The van der Waals surface area contributed by atoms with Crippen molar-refractivity contribution in [3.8, 4) is 0 Å². The number of carbonyl (C=O) groups excluding carboxylic acids is 1. The van der Waals surface area contributed by atoms with Crippen molar-refractivity contribution in [3.05, 3.63) is 45.9 Å². The summed E-state index contributed by atoms with van der Waals surface area (Å²) in [6.45, 7) is 2.01. The predicted octanol–water partition coefficient (Wildman–Crippen LogP) is 3.24. The van der Waals surface area contributed by atoms with Crippen LogP contribution in [0, 0.1) is 5.82 Å². The number of amides is 1. The highest BCUT2D eigenvalue weighted by Crippen LogP contribution is 2.40. The fourth-order valence-corrected chi connectivity index (χ4v) is 2.95. The van der Waals surface area contributed by atoms with Gasteiger partial charge in [-0.05, 0) is 24.1 Å². The monoisotopic (exact) mass is 293 g/mol. The molecule has 1 aliphatic heterocycles. The third kappa shape index (κ3) is 2.08. The highest BCUT2D eigenvalue weighted by atomic mass is 35.5. The zero-order valence-corrected chi connectivity index (χ0v) is 11.6. The van der Waals surface area contributed by atoms with Gasteiger partial charge in [-0.2, -0.15) is 5.10 Å². The molecule has 0 spiro atoms. The number of rotatable bonds is 2. The van der Waals surface area contributed by atoms with Crippen LogP contribution in [0.3, 0.4) is 0 Å². The lowest BCUT2D eigenvalue weighted by Crippen LogP contribution is -2.23. The first kappa shape index (κ1) is 13.1. The molecule has 6 heteroatoms. The summed E-state index contributed by atoms with van der Waals surface area (Å²) in [5, 5.41) is 10.1. The van der Waals surface area contributed by atoms with E-state index in [2.05, 4.69) is 15.5 Å². The van der Waals surface area contributed by atoms with E-state index < -0.39 is 0 Å². The minimum atomic E-state index is -0.387. The smallest absolute Gasteiger partial charge is 0.226 e. The summed E-state index contributed by atoms with van der Waals surface area (Å²) >= 11 is 6.14. The van der Waals surface area contributed by atoms with E-state index in [1.54, 1.807) is 6.07 Å². The lowest BCUT2D eigenvalue weighted by Gasteiger charge is -2.24. The number of carbonyl (C=O) groups is 1. The molecule has 3 rings (SSSR count). The summed E-state index contributed by atoms with van der Waals surface area (Å²) in [6, 6.07) is 4.27. The van der Waals surface area contributed by atoms with Crippen LogP contribution < -0.4 is 5.32 Å². The maximum atomic E-state index is 13.2. The second-order valence-electron chi connectivity index (χ2n) is 4.79. The Morgan fingerprint density at radius 3 is 3.00 bits per heavy atom. The third-order valence-corrected chi connectivity index (χ3v) is 3.90. The highest BCUT2D eigenvalue weighted by molar-refractivity contribution is 6.31. The number of benzene rings is 1. The van der Waals surface area contributed by atoms with E-state index in [1.165, 1.54) is 12.1 Å². The number of aromatic nitrogens is 2. The Bertz CT molecular complexity index is 683. The second kappa shape index (κ2) is 4.90. The SMILES string of the molecule is CCc1[nH]nc2c1C(c1ccc(F)cc1Cl)CC(=O)N2. The molecule has 0 aliphatic carbocycles. The van der Waals surface area contributed by atoms with Crippen LogP contribution in [0.25, 0.3) is 0 Å². The van der Waals surface area contributed by atoms with Crippen molar-refractivity contribution < 1.29 is 9.18 Å². The summed E-state index contributed by atoms with van der Waals surface area (Å²) in [5.41, 5.74) is 2.66. The lowest BCUT2D eigenvalue weighted by atomic mass is 9.85. The average Bonchev–Trinajstić information content (AvgIpc) is 2.80. The minimum Gasteiger partial charge on any atom is -0.309 e. The van der Waals surface area contributed by atoms with E-state index in [0.717, 1.165) is 23.2 Å². The molecule has 0 fully saturated rings. The van der Waals surface area contributed by atoms with E-state index in [4.69, 9.17) is 11.6 Å². The number of nitrogens with zero attached hydrogens (tertiary/aromatic N) is 1. The zero-order chi connectivity index (χ0) is 14.3. The van der Waals surface area contributed by atoms with Gasteiger partial charge in [-0.15, -0.1) is 0 Å². The minimum absolute atomic E-state index is 0.114. The summed E-state index contributed by atoms with van der Waals surface area (Å²) in [6.07, 6.45) is 1.05. The standard InChI is InChI=1S/C14H13ClFN3O/c1-2-11-13-9(6-12(20)17-14(13)19-18-11)8-4-3-7(16)5-10(8)15/h3-5,9H,2,6H2,1H3,(H2,17,18,19,20). The molecule has 0 bridgehead atoms. The number of nitrogens with one attached hydrogen (secondary N) is 2. The molecule has 2 aromatic rings. The van der Waals surface area contributed by atoms with Crippen molar-refractivity contribution in [2.45, 2.75) is 25.7 Å².